The van der Waals surface area contributed by atoms with Crippen molar-refractivity contribution in [1.82, 2.24) is 25.3 Å². The summed E-state index contributed by atoms with van der Waals surface area (Å²) in [4.78, 5) is 17.2. The predicted molar refractivity (Wildman–Crippen MR) is 105 cm³/mol. The van der Waals surface area contributed by atoms with Gasteiger partial charge >= 0.3 is 0 Å². The maximum absolute atomic E-state index is 12.9. The molecule has 0 spiro atoms. The van der Waals surface area contributed by atoms with E-state index in [1.165, 1.54) is 0 Å². The van der Waals surface area contributed by atoms with E-state index < -0.39 is 0 Å². The van der Waals surface area contributed by atoms with E-state index in [1.54, 1.807) is 14.2 Å². The smallest absolute Gasteiger partial charge is 0.274 e. The van der Waals surface area contributed by atoms with Gasteiger partial charge in [0, 0.05) is 69.6 Å². The van der Waals surface area contributed by atoms with Crippen LogP contribution in [0.25, 0.3) is 0 Å². The molecule has 1 fully saturated rings. The topological polar surface area (TPSA) is 82.7 Å². The van der Waals surface area contributed by atoms with E-state index in [-0.39, 0.29) is 5.91 Å². The number of aromatic amines is 1. The Hall–Kier alpha value is -2.58. The van der Waals surface area contributed by atoms with Gasteiger partial charge < -0.3 is 19.7 Å². The SMILES string of the molecule is COc1cc(CN2CCN(C(=O)c3n[nH]c4c3CNCC4)CC2)cc(OC)c1. The average Bonchev–Trinajstić information content (AvgIpc) is 3.17. The lowest BCUT2D eigenvalue weighted by Crippen LogP contribution is -2.48. The molecule has 150 valence electrons. The van der Waals surface area contributed by atoms with E-state index in [1.807, 2.05) is 23.1 Å². The summed E-state index contributed by atoms with van der Waals surface area (Å²) >= 11 is 0. The van der Waals surface area contributed by atoms with Crippen LogP contribution in [0.2, 0.25) is 0 Å². The second-order valence-electron chi connectivity index (χ2n) is 7.25. The Bertz CT molecular complexity index is 820. The summed E-state index contributed by atoms with van der Waals surface area (Å²) in [5.74, 6) is 1.61. The van der Waals surface area contributed by atoms with Gasteiger partial charge in [0.05, 0.1) is 14.2 Å². The van der Waals surface area contributed by atoms with Crippen LogP contribution in [0.1, 0.15) is 27.3 Å². The minimum atomic E-state index is 0.0314. The summed E-state index contributed by atoms with van der Waals surface area (Å²) in [6.45, 7) is 5.51. The van der Waals surface area contributed by atoms with Crippen molar-refractivity contribution in [1.29, 1.82) is 0 Å². The van der Waals surface area contributed by atoms with Crippen molar-refractivity contribution in [3.05, 3.63) is 40.7 Å². The monoisotopic (exact) mass is 385 g/mol. The van der Waals surface area contributed by atoms with Crippen LogP contribution in [0.3, 0.4) is 0 Å². The Labute approximate surface area is 164 Å². The summed E-state index contributed by atoms with van der Waals surface area (Å²) in [5.41, 5.74) is 3.84. The van der Waals surface area contributed by atoms with Crippen LogP contribution in [0.5, 0.6) is 11.5 Å². The third-order valence-corrected chi connectivity index (χ3v) is 5.49. The Morgan fingerprint density at radius 3 is 2.50 bits per heavy atom. The van der Waals surface area contributed by atoms with E-state index in [0.717, 1.165) is 60.9 Å². The van der Waals surface area contributed by atoms with Crippen LogP contribution in [0.4, 0.5) is 0 Å². The zero-order valence-corrected chi connectivity index (χ0v) is 16.5. The van der Waals surface area contributed by atoms with E-state index in [4.69, 9.17) is 9.47 Å². The molecule has 28 heavy (non-hydrogen) atoms. The Morgan fingerprint density at radius 1 is 1.11 bits per heavy atom. The molecule has 8 heteroatoms. The van der Waals surface area contributed by atoms with Gasteiger partial charge in [-0.05, 0) is 17.7 Å². The van der Waals surface area contributed by atoms with Crippen molar-refractivity contribution in [2.45, 2.75) is 19.5 Å². The zero-order valence-electron chi connectivity index (χ0n) is 16.5. The highest BCUT2D eigenvalue weighted by Crippen LogP contribution is 2.24. The number of hydrogen-bond acceptors (Lipinski definition) is 6. The molecule has 3 heterocycles. The molecule has 4 rings (SSSR count). The fourth-order valence-corrected chi connectivity index (χ4v) is 3.88. The number of carbonyl (C=O) groups excluding carboxylic acids is 1. The molecule has 8 nitrogen and oxygen atoms in total. The lowest BCUT2D eigenvalue weighted by Gasteiger charge is -2.34. The number of amides is 1. The Morgan fingerprint density at radius 2 is 1.82 bits per heavy atom. The van der Waals surface area contributed by atoms with Crippen LogP contribution < -0.4 is 14.8 Å². The third-order valence-electron chi connectivity index (χ3n) is 5.49. The highest BCUT2D eigenvalue weighted by atomic mass is 16.5. The van der Waals surface area contributed by atoms with Gasteiger partial charge in [-0.15, -0.1) is 0 Å². The maximum atomic E-state index is 12.9. The van der Waals surface area contributed by atoms with Crippen LogP contribution >= 0.6 is 0 Å². The highest BCUT2D eigenvalue weighted by molar-refractivity contribution is 5.94. The molecule has 1 aromatic heterocycles. The average molecular weight is 385 g/mol. The van der Waals surface area contributed by atoms with Crippen molar-refractivity contribution < 1.29 is 14.3 Å². The maximum Gasteiger partial charge on any atom is 0.274 e. The fourth-order valence-electron chi connectivity index (χ4n) is 3.88. The second-order valence-corrected chi connectivity index (χ2v) is 7.25. The molecule has 0 radical (unpaired) electrons. The van der Waals surface area contributed by atoms with Crippen molar-refractivity contribution in [3.8, 4) is 11.5 Å². The van der Waals surface area contributed by atoms with Crippen LogP contribution in [-0.4, -0.2) is 72.8 Å². The van der Waals surface area contributed by atoms with Crippen molar-refractivity contribution in [3.63, 3.8) is 0 Å². The number of nitrogens with zero attached hydrogens (tertiary/aromatic N) is 3. The predicted octanol–water partition coefficient (Wildman–Crippen LogP) is 1.03. The van der Waals surface area contributed by atoms with Gasteiger partial charge in [0.15, 0.2) is 5.69 Å². The summed E-state index contributed by atoms with van der Waals surface area (Å²) in [5, 5.41) is 10.7. The number of hydrogen-bond donors (Lipinski definition) is 2. The number of nitrogens with one attached hydrogen (secondary N) is 2. The molecule has 2 N–H and O–H groups in total. The number of H-pyrrole nitrogens is 1. The van der Waals surface area contributed by atoms with E-state index in [0.29, 0.717) is 25.3 Å². The number of fused-ring (bicyclic) bond motifs is 1. The third kappa shape index (κ3) is 3.83. The molecule has 2 aliphatic heterocycles. The first kappa shape index (κ1) is 18.8. The largest absolute Gasteiger partial charge is 0.497 e. The van der Waals surface area contributed by atoms with Gasteiger partial charge in [0.2, 0.25) is 0 Å². The summed E-state index contributed by atoms with van der Waals surface area (Å²) < 4.78 is 10.7. The van der Waals surface area contributed by atoms with Crippen LogP contribution in [-0.2, 0) is 19.5 Å². The Balaban J connectivity index is 1.37. The molecule has 0 saturated carbocycles. The molecule has 0 aliphatic carbocycles. The van der Waals surface area contributed by atoms with Gasteiger partial charge in [-0.25, -0.2) is 0 Å². The fraction of sp³-hybridized carbons (Fsp3) is 0.500. The van der Waals surface area contributed by atoms with Gasteiger partial charge in [0.1, 0.15) is 11.5 Å². The first-order chi connectivity index (χ1) is 13.7. The first-order valence-electron chi connectivity index (χ1n) is 9.68. The number of ether oxygens (including phenoxy) is 2. The van der Waals surface area contributed by atoms with Crippen molar-refractivity contribution >= 4 is 5.91 Å². The molecule has 2 aromatic rings. The Kier molecular flexibility index (Phi) is 5.50. The van der Waals surface area contributed by atoms with E-state index in [2.05, 4.69) is 20.4 Å². The quantitative estimate of drug-likeness (QED) is 0.800. The minimum absolute atomic E-state index is 0.0314. The molecule has 1 saturated heterocycles. The summed E-state index contributed by atoms with van der Waals surface area (Å²) in [6.07, 6.45) is 0.896. The van der Waals surface area contributed by atoms with Crippen LogP contribution in [0, 0.1) is 0 Å². The molecule has 0 unspecified atom stereocenters. The number of rotatable bonds is 5. The molecule has 0 atom stereocenters. The lowest BCUT2D eigenvalue weighted by atomic mass is 10.1. The summed E-state index contributed by atoms with van der Waals surface area (Å²) in [6, 6.07) is 5.94. The van der Waals surface area contributed by atoms with Gasteiger partial charge in [0.25, 0.3) is 5.91 Å². The molecule has 2 aliphatic rings. The van der Waals surface area contributed by atoms with Crippen LogP contribution in [0.15, 0.2) is 18.2 Å². The van der Waals surface area contributed by atoms with E-state index >= 15 is 0 Å². The van der Waals surface area contributed by atoms with Crippen molar-refractivity contribution in [2.24, 2.45) is 0 Å². The first-order valence-corrected chi connectivity index (χ1v) is 9.68. The van der Waals surface area contributed by atoms with Crippen molar-refractivity contribution in [2.75, 3.05) is 46.9 Å². The second kappa shape index (κ2) is 8.20. The van der Waals surface area contributed by atoms with E-state index in [9.17, 15) is 4.79 Å². The normalized spacial score (nSPS) is 17.3. The molecular formula is C20H27N5O3. The number of piperazine rings is 1. The van der Waals surface area contributed by atoms with Gasteiger partial charge in [-0.3, -0.25) is 14.8 Å². The molecule has 1 aromatic carbocycles. The minimum Gasteiger partial charge on any atom is -0.497 e. The molecular weight excluding hydrogens is 358 g/mol. The molecule has 0 bridgehead atoms. The standard InChI is InChI=1S/C20H27N5O3/c1-27-15-9-14(10-16(11-15)28-2)13-24-5-7-25(8-6-24)20(26)19-17-12-21-4-3-18(17)22-23-19/h9-11,21H,3-8,12-13H2,1-2H3,(H,22,23). The van der Waals surface area contributed by atoms with Gasteiger partial charge in [-0.1, -0.05) is 0 Å². The number of benzene rings is 1. The molecule has 1 amide bonds. The number of carbonyl (C=O) groups is 1. The lowest BCUT2D eigenvalue weighted by molar-refractivity contribution is 0.0621. The number of aromatic nitrogens is 2. The number of methoxy groups -OCH3 is 2. The van der Waals surface area contributed by atoms with Gasteiger partial charge in [-0.2, -0.15) is 5.10 Å². The summed E-state index contributed by atoms with van der Waals surface area (Å²) in [7, 11) is 3.32. The zero-order chi connectivity index (χ0) is 19.5. The highest BCUT2D eigenvalue weighted by Gasteiger charge is 2.28.